The molecule has 0 saturated carbocycles. The molecule has 3 nitrogen and oxygen atoms in total. The van der Waals surface area contributed by atoms with Gasteiger partial charge in [0, 0.05) is 6.08 Å². The van der Waals surface area contributed by atoms with Gasteiger partial charge in [0.15, 0.2) is 5.88 Å². The first-order valence-corrected chi connectivity index (χ1v) is 3.91. The normalized spacial score (nSPS) is 14.8. The molecular formula is C10H9NO2. The van der Waals surface area contributed by atoms with Crippen molar-refractivity contribution in [1.82, 2.24) is 0 Å². The summed E-state index contributed by atoms with van der Waals surface area (Å²) in [5, 5.41) is 9.54. The van der Waals surface area contributed by atoms with Gasteiger partial charge in [-0.25, -0.2) is 0 Å². The Bertz CT molecular complexity index is 394. The Labute approximate surface area is 75.8 Å². The lowest BCUT2D eigenvalue weighted by Crippen LogP contribution is -2.04. The van der Waals surface area contributed by atoms with E-state index in [9.17, 15) is 5.11 Å². The van der Waals surface area contributed by atoms with Gasteiger partial charge in [0.05, 0.1) is 5.56 Å². The molecule has 0 spiro atoms. The van der Waals surface area contributed by atoms with Crippen LogP contribution in [0.25, 0.3) is 5.76 Å². The third-order valence-electron chi connectivity index (χ3n) is 1.80. The minimum absolute atomic E-state index is 0.163. The van der Waals surface area contributed by atoms with Gasteiger partial charge in [-0.1, -0.05) is 12.1 Å². The van der Waals surface area contributed by atoms with Gasteiger partial charge in [-0.05, 0) is 18.2 Å². The number of aliphatic hydroxyl groups is 1. The standard InChI is InChI=1S/C10H9NO2/c11-10-6-5-8(12)7-3-1-2-4-9(7)13-10/h1-6,12H,11H2. The third kappa shape index (κ3) is 1.36. The smallest absolute Gasteiger partial charge is 0.190 e. The van der Waals surface area contributed by atoms with Crippen LogP contribution in [0.15, 0.2) is 42.3 Å². The first-order chi connectivity index (χ1) is 6.27. The van der Waals surface area contributed by atoms with Crippen LogP contribution >= 0.6 is 0 Å². The van der Waals surface area contributed by atoms with E-state index in [1.807, 2.05) is 12.1 Å². The van der Waals surface area contributed by atoms with Crippen LogP contribution in [-0.2, 0) is 0 Å². The van der Waals surface area contributed by atoms with Crippen molar-refractivity contribution in [3.63, 3.8) is 0 Å². The molecule has 0 radical (unpaired) electrons. The van der Waals surface area contributed by atoms with Gasteiger partial charge in [-0.2, -0.15) is 0 Å². The molecule has 0 saturated heterocycles. The molecule has 66 valence electrons. The molecule has 0 bridgehead atoms. The molecule has 0 aliphatic carbocycles. The Kier molecular flexibility index (Phi) is 1.70. The second kappa shape index (κ2) is 2.86. The number of ether oxygens (including phenoxy) is 1. The lowest BCUT2D eigenvalue weighted by Gasteiger charge is -2.06. The number of nitrogens with two attached hydrogens (primary N) is 1. The van der Waals surface area contributed by atoms with Crippen LogP contribution in [0.2, 0.25) is 0 Å². The lowest BCUT2D eigenvalue weighted by atomic mass is 10.1. The third-order valence-corrected chi connectivity index (χ3v) is 1.80. The molecule has 1 aromatic carbocycles. The lowest BCUT2D eigenvalue weighted by molar-refractivity contribution is 0.417. The molecule has 0 aromatic heterocycles. The molecule has 1 aliphatic rings. The minimum Gasteiger partial charge on any atom is -0.507 e. The fourth-order valence-corrected chi connectivity index (χ4v) is 1.18. The van der Waals surface area contributed by atoms with Gasteiger partial charge in [0.2, 0.25) is 0 Å². The number of rotatable bonds is 0. The van der Waals surface area contributed by atoms with E-state index in [1.54, 1.807) is 12.1 Å². The Balaban J connectivity index is 2.57. The fraction of sp³-hybridized carbons (Fsp3) is 0. The van der Waals surface area contributed by atoms with Crippen LogP contribution in [0.1, 0.15) is 5.56 Å². The highest BCUT2D eigenvalue weighted by Gasteiger charge is 2.10. The molecule has 1 aromatic rings. The highest BCUT2D eigenvalue weighted by atomic mass is 16.5. The highest BCUT2D eigenvalue weighted by molar-refractivity contribution is 5.67. The van der Waals surface area contributed by atoms with Crippen molar-refractivity contribution in [2.45, 2.75) is 0 Å². The number of hydrogen-bond acceptors (Lipinski definition) is 3. The predicted octanol–water partition coefficient (Wildman–Crippen LogP) is 1.78. The summed E-state index contributed by atoms with van der Waals surface area (Å²) in [6, 6.07) is 7.18. The fourth-order valence-electron chi connectivity index (χ4n) is 1.18. The summed E-state index contributed by atoms with van der Waals surface area (Å²) < 4.78 is 5.25. The summed E-state index contributed by atoms with van der Waals surface area (Å²) in [6.07, 6.45) is 3.04. The summed E-state index contributed by atoms with van der Waals surface area (Å²) in [6.45, 7) is 0. The molecule has 1 heterocycles. The molecule has 0 atom stereocenters. The van der Waals surface area contributed by atoms with E-state index in [-0.39, 0.29) is 11.6 Å². The summed E-state index contributed by atoms with van der Waals surface area (Å²) in [5.41, 5.74) is 6.15. The zero-order valence-electron chi connectivity index (χ0n) is 6.90. The SMILES string of the molecule is NC1=CC=C(O)c2ccccc2O1. The van der Waals surface area contributed by atoms with Crippen molar-refractivity contribution >= 4 is 5.76 Å². The number of hydrogen-bond donors (Lipinski definition) is 2. The molecular weight excluding hydrogens is 166 g/mol. The first-order valence-electron chi connectivity index (χ1n) is 3.91. The number of para-hydroxylation sites is 1. The first kappa shape index (κ1) is 7.73. The zero-order valence-corrected chi connectivity index (χ0v) is 6.90. The Morgan fingerprint density at radius 1 is 1.15 bits per heavy atom. The molecule has 2 rings (SSSR count). The summed E-state index contributed by atoms with van der Waals surface area (Å²) >= 11 is 0. The van der Waals surface area contributed by atoms with Gasteiger partial charge in [0.25, 0.3) is 0 Å². The van der Waals surface area contributed by atoms with Crippen LogP contribution in [0.5, 0.6) is 5.75 Å². The van der Waals surface area contributed by atoms with E-state index in [0.717, 1.165) is 0 Å². The number of benzene rings is 1. The van der Waals surface area contributed by atoms with Crippen molar-refractivity contribution in [2.75, 3.05) is 0 Å². The summed E-state index contributed by atoms with van der Waals surface area (Å²) in [7, 11) is 0. The number of fused-ring (bicyclic) bond motifs is 1. The van der Waals surface area contributed by atoms with Crippen LogP contribution in [-0.4, -0.2) is 5.11 Å². The Morgan fingerprint density at radius 2 is 1.92 bits per heavy atom. The summed E-state index contributed by atoms with van der Waals surface area (Å²) in [5.74, 6) is 1.01. The van der Waals surface area contributed by atoms with Crippen molar-refractivity contribution in [1.29, 1.82) is 0 Å². The molecule has 3 N–H and O–H groups in total. The van der Waals surface area contributed by atoms with E-state index in [4.69, 9.17) is 10.5 Å². The maximum Gasteiger partial charge on any atom is 0.190 e. The second-order valence-corrected chi connectivity index (χ2v) is 2.72. The topological polar surface area (TPSA) is 55.5 Å². The van der Waals surface area contributed by atoms with E-state index in [1.165, 1.54) is 12.2 Å². The average molecular weight is 175 g/mol. The van der Waals surface area contributed by atoms with Crippen LogP contribution in [0.4, 0.5) is 0 Å². The minimum atomic E-state index is 0.163. The van der Waals surface area contributed by atoms with E-state index in [2.05, 4.69) is 0 Å². The van der Waals surface area contributed by atoms with E-state index < -0.39 is 0 Å². The average Bonchev–Trinajstić information content (AvgIpc) is 2.27. The summed E-state index contributed by atoms with van der Waals surface area (Å²) in [4.78, 5) is 0. The van der Waals surface area contributed by atoms with Crippen LogP contribution < -0.4 is 10.5 Å². The van der Waals surface area contributed by atoms with Crippen molar-refractivity contribution in [3.8, 4) is 5.75 Å². The van der Waals surface area contributed by atoms with E-state index in [0.29, 0.717) is 11.3 Å². The van der Waals surface area contributed by atoms with Crippen LogP contribution in [0, 0.1) is 0 Å². The molecule has 0 fully saturated rings. The molecule has 13 heavy (non-hydrogen) atoms. The zero-order chi connectivity index (χ0) is 9.26. The van der Waals surface area contributed by atoms with Crippen molar-refractivity contribution in [3.05, 3.63) is 47.9 Å². The van der Waals surface area contributed by atoms with Crippen molar-refractivity contribution < 1.29 is 9.84 Å². The number of allylic oxidation sites excluding steroid dienone is 2. The number of aliphatic hydroxyl groups excluding tert-OH is 1. The maximum absolute atomic E-state index is 9.54. The van der Waals surface area contributed by atoms with Gasteiger partial charge in [-0.15, -0.1) is 0 Å². The van der Waals surface area contributed by atoms with Gasteiger partial charge >= 0.3 is 0 Å². The van der Waals surface area contributed by atoms with Gasteiger partial charge < -0.3 is 15.6 Å². The van der Waals surface area contributed by atoms with Gasteiger partial charge in [-0.3, -0.25) is 0 Å². The van der Waals surface area contributed by atoms with Crippen molar-refractivity contribution in [2.24, 2.45) is 5.73 Å². The molecule has 1 aliphatic heterocycles. The quantitative estimate of drug-likeness (QED) is 0.631. The second-order valence-electron chi connectivity index (χ2n) is 2.72. The highest BCUT2D eigenvalue weighted by Crippen LogP contribution is 2.27. The molecule has 0 unspecified atom stereocenters. The van der Waals surface area contributed by atoms with Gasteiger partial charge in [0.1, 0.15) is 11.5 Å². The predicted molar refractivity (Wildman–Crippen MR) is 49.9 cm³/mol. The van der Waals surface area contributed by atoms with E-state index >= 15 is 0 Å². The Morgan fingerprint density at radius 3 is 2.77 bits per heavy atom. The molecule has 3 heteroatoms. The Hall–Kier alpha value is -1.90. The van der Waals surface area contributed by atoms with Crippen LogP contribution in [0.3, 0.4) is 0 Å². The maximum atomic E-state index is 9.54. The monoisotopic (exact) mass is 175 g/mol. The molecule has 0 amide bonds. The largest absolute Gasteiger partial charge is 0.507 e.